The van der Waals surface area contributed by atoms with E-state index in [0.29, 0.717) is 10.6 Å². The summed E-state index contributed by atoms with van der Waals surface area (Å²) in [5.41, 5.74) is 0.872. The number of amides is 1. The Balaban J connectivity index is 1.59. The summed E-state index contributed by atoms with van der Waals surface area (Å²) in [4.78, 5) is 61.7. The van der Waals surface area contributed by atoms with E-state index in [-0.39, 0.29) is 17.0 Å². The molecular formula is C30H27Cl2NO11. The topological polar surface area (TPSA) is 175 Å². The van der Waals surface area contributed by atoms with Gasteiger partial charge in [0.2, 0.25) is 5.91 Å². The Morgan fingerprint density at radius 1 is 0.841 bits per heavy atom. The van der Waals surface area contributed by atoms with Crippen LogP contribution in [0.15, 0.2) is 60.7 Å². The van der Waals surface area contributed by atoms with Crippen molar-refractivity contribution in [3.63, 3.8) is 0 Å². The van der Waals surface area contributed by atoms with Crippen molar-refractivity contribution < 1.29 is 53.1 Å². The summed E-state index contributed by atoms with van der Waals surface area (Å²) in [7, 11) is 1.00. The second kappa shape index (κ2) is 13.8. The summed E-state index contributed by atoms with van der Waals surface area (Å²) in [6.45, 7) is 1.53. The molecule has 1 amide bonds. The Morgan fingerprint density at radius 2 is 1.48 bits per heavy atom. The third-order valence-corrected chi connectivity index (χ3v) is 8.00. The van der Waals surface area contributed by atoms with Gasteiger partial charge in [-0.1, -0.05) is 59.6 Å². The number of carbonyl (C=O) groups is 5. The molecule has 1 aliphatic carbocycles. The molecule has 4 rings (SSSR count). The van der Waals surface area contributed by atoms with Gasteiger partial charge >= 0.3 is 24.2 Å². The molecule has 1 saturated carbocycles. The summed E-state index contributed by atoms with van der Waals surface area (Å²) in [5, 5.41) is 23.3. The third kappa shape index (κ3) is 7.32. The summed E-state index contributed by atoms with van der Waals surface area (Å²) >= 11 is 12.2. The number of hydrogen-bond acceptors (Lipinski definition) is 9. The van der Waals surface area contributed by atoms with Crippen LogP contribution in [0.5, 0.6) is 0 Å². The number of carbonyl (C=O) groups excluding carboxylic acids is 3. The number of nitrogens with one attached hydrogen (secondary N) is 1. The van der Waals surface area contributed by atoms with Gasteiger partial charge in [-0.25, -0.2) is 14.4 Å². The highest BCUT2D eigenvalue weighted by molar-refractivity contribution is 6.42. The number of esters is 2. The fraction of sp³-hybridized carbons (Fsp3) is 0.300. The van der Waals surface area contributed by atoms with Gasteiger partial charge in [0.1, 0.15) is 30.1 Å². The van der Waals surface area contributed by atoms with Crippen LogP contribution in [0, 0.1) is 11.8 Å². The second-order valence-electron chi connectivity index (χ2n) is 10.0. The van der Waals surface area contributed by atoms with E-state index >= 15 is 0 Å². The molecule has 14 heteroatoms. The summed E-state index contributed by atoms with van der Waals surface area (Å²) in [5.74, 6) is -5.68. The number of ether oxygens (including phenoxy) is 4. The molecule has 4 atom stereocenters. The molecule has 0 heterocycles. The fourth-order valence-corrected chi connectivity index (χ4v) is 5.38. The molecule has 1 fully saturated rings. The zero-order chi connectivity index (χ0) is 32.1. The molecule has 3 aromatic carbocycles. The van der Waals surface area contributed by atoms with Gasteiger partial charge in [0.15, 0.2) is 0 Å². The lowest BCUT2D eigenvalue weighted by atomic mass is 9.67. The van der Waals surface area contributed by atoms with Gasteiger partial charge in [0.05, 0.1) is 28.8 Å². The smallest absolute Gasteiger partial charge is 0.469 e. The number of halogens is 2. The highest BCUT2D eigenvalue weighted by Gasteiger charge is 2.63. The van der Waals surface area contributed by atoms with Crippen molar-refractivity contribution in [2.45, 2.75) is 37.7 Å². The quantitative estimate of drug-likeness (QED) is 0.200. The largest absolute Gasteiger partial charge is 0.506 e. The number of carboxylic acid groups (broad SMARTS) is 2. The number of methoxy groups -OCH3 is 1. The first-order chi connectivity index (χ1) is 20.9. The fourth-order valence-electron chi connectivity index (χ4n) is 5.06. The van der Waals surface area contributed by atoms with Crippen molar-refractivity contribution in [1.29, 1.82) is 0 Å². The molecule has 0 aliphatic heterocycles. The van der Waals surface area contributed by atoms with Crippen molar-refractivity contribution in [3.05, 3.63) is 81.8 Å². The van der Waals surface area contributed by atoms with E-state index in [0.717, 1.165) is 17.9 Å². The highest BCUT2D eigenvalue weighted by atomic mass is 35.5. The molecule has 3 N–H and O–H groups in total. The minimum Gasteiger partial charge on any atom is -0.469 e. The summed E-state index contributed by atoms with van der Waals surface area (Å²) in [6, 6.07) is 16.3. The molecule has 0 bridgehead atoms. The molecule has 0 radical (unpaired) electrons. The predicted molar refractivity (Wildman–Crippen MR) is 156 cm³/mol. The Kier molecular flexibility index (Phi) is 10.2. The van der Waals surface area contributed by atoms with Gasteiger partial charge in [0.25, 0.3) is 0 Å². The number of fused-ring (bicyclic) bond motifs is 1. The minimum absolute atomic E-state index is 0.0667. The molecule has 0 aromatic heterocycles. The van der Waals surface area contributed by atoms with E-state index in [2.05, 4.69) is 10.1 Å². The molecule has 44 heavy (non-hydrogen) atoms. The van der Waals surface area contributed by atoms with E-state index < -0.39 is 66.3 Å². The van der Waals surface area contributed by atoms with Crippen molar-refractivity contribution in [3.8, 4) is 0 Å². The Labute approximate surface area is 260 Å². The molecule has 1 aliphatic rings. The average Bonchev–Trinajstić information content (AvgIpc) is 2.97. The maximum absolute atomic E-state index is 13.4. The molecule has 0 spiro atoms. The first-order valence-electron chi connectivity index (χ1n) is 13.2. The minimum atomic E-state index is -1.80. The predicted octanol–water partition coefficient (Wildman–Crippen LogP) is 4.96. The van der Waals surface area contributed by atoms with Crippen LogP contribution in [0.2, 0.25) is 10.0 Å². The standard InChI is InChI=1S/C30H27Cl2NO11/c1-14(33-26(34)22-24(43-29(37)38)23(28(36)41-2)25(22)44-30(39)40)21(12-15-7-10-19(31)20(32)11-15)42-27(35)18-9-8-16-5-3-4-6-17(16)13-18/h3-11,13-14,21-25H,12H2,1-2H3,(H,33,34)(H,37,38)(H,39,40)/t14-,21+,22?,23?,24+,25+/m0/s1. The van der Waals surface area contributed by atoms with Crippen molar-refractivity contribution in [2.75, 3.05) is 7.11 Å². The number of benzene rings is 3. The van der Waals surface area contributed by atoms with Gasteiger partial charge < -0.3 is 34.5 Å². The van der Waals surface area contributed by atoms with Crippen LogP contribution in [0.25, 0.3) is 10.8 Å². The lowest BCUT2D eigenvalue weighted by Crippen LogP contribution is -2.67. The lowest BCUT2D eigenvalue weighted by molar-refractivity contribution is -0.196. The molecule has 0 saturated heterocycles. The normalized spacial score (nSPS) is 20.4. The van der Waals surface area contributed by atoms with Crippen LogP contribution in [0.1, 0.15) is 22.8 Å². The number of hydrogen-bond donors (Lipinski definition) is 3. The van der Waals surface area contributed by atoms with E-state index in [1.54, 1.807) is 36.4 Å². The van der Waals surface area contributed by atoms with Gasteiger partial charge in [0, 0.05) is 6.42 Å². The maximum Gasteiger partial charge on any atom is 0.506 e. The third-order valence-electron chi connectivity index (χ3n) is 7.26. The van der Waals surface area contributed by atoms with Crippen molar-refractivity contribution >= 4 is 64.1 Å². The maximum atomic E-state index is 13.4. The first kappa shape index (κ1) is 32.4. The van der Waals surface area contributed by atoms with Crippen LogP contribution in [-0.2, 0) is 35.0 Å². The van der Waals surface area contributed by atoms with Gasteiger partial charge in [-0.3, -0.25) is 9.59 Å². The molecule has 12 nitrogen and oxygen atoms in total. The highest BCUT2D eigenvalue weighted by Crippen LogP contribution is 2.41. The van der Waals surface area contributed by atoms with Gasteiger partial charge in [-0.15, -0.1) is 0 Å². The van der Waals surface area contributed by atoms with E-state index in [1.807, 2.05) is 24.3 Å². The first-order valence-corrected chi connectivity index (χ1v) is 14.0. The van der Waals surface area contributed by atoms with Crippen LogP contribution >= 0.6 is 23.2 Å². The van der Waals surface area contributed by atoms with Crippen molar-refractivity contribution in [2.24, 2.45) is 11.8 Å². The van der Waals surface area contributed by atoms with Crippen LogP contribution in [0.4, 0.5) is 9.59 Å². The zero-order valence-electron chi connectivity index (χ0n) is 23.3. The van der Waals surface area contributed by atoms with Crippen LogP contribution in [-0.4, -0.2) is 71.8 Å². The Morgan fingerprint density at radius 3 is 2.07 bits per heavy atom. The van der Waals surface area contributed by atoms with Gasteiger partial charge in [-0.05, 0) is 47.5 Å². The monoisotopic (exact) mass is 647 g/mol. The number of rotatable bonds is 10. The molecule has 232 valence electrons. The summed E-state index contributed by atoms with van der Waals surface area (Å²) in [6.07, 6.45) is -7.76. The zero-order valence-corrected chi connectivity index (χ0v) is 24.8. The van der Waals surface area contributed by atoms with Crippen LogP contribution < -0.4 is 5.32 Å². The average molecular weight is 648 g/mol. The Hall–Kier alpha value is -4.55. The summed E-state index contributed by atoms with van der Waals surface area (Å²) < 4.78 is 20.0. The van der Waals surface area contributed by atoms with Crippen LogP contribution in [0.3, 0.4) is 0 Å². The SMILES string of the molecule is COC(=O)C1[C@H](OC(=O)O)C(C(=O)N[C@@H](C)[C@@H](Cc2ccc(Cl)c(Cl)c2)OC(=O)c2ccc3ccccc3c2)[C@H]1OC(=O)O. The molecule has 3 aromatic rings. The van der Waals surface area contributed by atoms with Crippen molar-refractivity contribution in [1.82, 2.24) is 5.32 Å². The molecule has 0 unspecified atom stereocenters. The second-order valence-corrected chi connectivity index (χ2v) is 10.8. The van der Waals surface area contributed by atoms with E-state index in [9.17, 15) is 34.2 Å². The molecular weight excluding hydrogens is 621 g/mol. The van der Waals surface area contributed by atoms with E-state index in [4.69, 9.17) is 37.4 Å². The van der Waals surface area contributed by atoms with Gasteiger partial charge in [-0.2, -0.15) is 0 Å². The Bertz CT molecular complexity index is 1570. The van der Waals surface area contributed by atoms with E-state index in [1.165, 1.54) is 6.92 Å². The lowest BCUT2D eigenvalue weighted by Gasteiger charge is -2.46.